The zero-order valence-corrected chi connectivity index (χ0v) is 47.8. The van der Waals surface area contributed by atoms with Gasteiger partial charge in [0.2, 0.25) is 0 Å². The van der Waals surface area contributed by atoms with Crippen LogP contribution in [0.1, 0.15) is 221 Å². The molecule has 7 bridgehead atoms. The molecule has 4 saturated heterocycles. The lowest BCUT2D eigenvalue weighted by molar-refractivity contribution is -0.282. The molecule has 0 radical (unpaired) electrons. The Kier molecular flexibility index (Phi) is 10.8. The van der Waals surface area contributed by atoms with Crippen LogP contribution in [-0.4, -0.2) is 64.6 Å². The van der Waals surface area contributed by atoms with Gasteiger partial charge in [-0.2, -0.15) is 0 Å². The molecule has 7 heterocycles. The number of ether oxygens (including phenoxy) is 2. The zero-order valence-electron chi connectivity index (χ0n) is 47.8. The van der Waals surface area contributed by atoms with Crippen molar-refractivity contribution in [3.05, 3.63) is 81.0 Å². The number of aliphatic hydroxyl groups excluding tert-OH is 1. The molecule has 5 spiro atoms. The topological polar surface area (TPSA) is 105 Å². The minimum absolute atomic E-state index is 0.104. The number of aryl methyl sites for hydroxylation is 1. The van der Waals surface area contributed by atoms with Crippen LogP contribution in [0.2, 0.25) is 0 Å². The number of piperidine rings is 3. The van der Waals surface area contributed by atoms with Gasteiger partial charge in [0.1, 0.15) is 11.2 Å². The molecule has 6 saturated carbocycles. The van der Waals surface area contributed by atoms with Gasteiger partial charge < -0.3 is 25.2 Å². The van der Waals surface area contributed by atoms with Crippen LogP contribution in [0.15, 0.2) is 64.3 Å². The number of carbonyl (C=O) groups excluding carboxylic acids is 2. The number of aliphatic hydroxyl groups is 1. The Balaban J connectivity index is 0.914. The van der Waals surface area contributed by atoms with Crippen molar-refractivity contribution in [2.45, 2.75) is 229 Å². The largest absolute Gasteiger partial charge is 0.508 e. The smallest absolute Gasteiger partial charge is 0.339 e. The number of nitrogens with zero attached hydrogens (tertiary/aromatic N) is 2. The lowest BCUT2D eigenvalue weighted by Crippen LogP contribution is -2.78. The minimum Gasteiger partial charge on any atom is -0.508 e. The summed E-state index contributed by atoms with van der Waals surface area (Å²) in [5.74, 6) is 5.21. The van der Waals surface area contributed by atoms with E-state index in [1.165, 1.54) is 166 Å². The van der Waals surface area contributed by atoms with Crippen LogP contribution in [0, 0.1) is 92.7 Å². The number of allylic oxidation sites excluding steroid dienone is 4. The maximum Gasteiger partial charge on any atom is 0.339 e. The molecule has 18 rings (SSSR count). The molecular formula is C71H93N3O5. The third-order valence-corrected chi connectivity index (χ3v) is 29.1. The Hall–Kier alpha value is -3.36. The van der Waals surface area contributed by atoms with E-state index < -0.39 is 16.4 Å². The summed E-state index contributed by atoms with van der Waals surface area (Å²) >= 11 is 0. The van der Waals surface area contributed by atoms with E-state index in [-0.39, 0.29) is 41.7 Å². The first-order valence-corrected chi connectivity index (χ1v) is 34.1. The van der Waals surface area contributed by atoms with E-state index in [0.717, 1.165) is 74.1 Å². The molecule has 17 aliphatic rings. The van der Waals surface area contributed by atoms with Gasteiger partial charge in [-0.25, -0.2) is 4.79 Å². The molecule has 8 heteroatoms. The monoisotopic (exact) mass is 1070 g/mol. The fourth-order valence-corrected chi connectivity index (χ4v) is 26.8. The van der Waals surface area contributed by atoms with Gasteiger partial charge in [0, 0.05) is 60.2 Å². The van der Waals surface area contributed by atoms with E-state index in [1.807, 2.05) is 5.57 Å². The number of nitrogens with two attached hydrogens (primary N) is 1. The van der Waals surface area contributed by atoms with Crippen molar-refractivity contribution in [1.82, 2.24) is 9.80 Å². The Morgan fingerprint density at radius 3 is 2.22 bits per heavy atom. The van der Waals surface area contributed by atoms with Gasteiger partial charge in [0.05, 0.1) is 11.0 Å². The molecule has 1 aromatic rings. The standard InChI is InChI=1S/C71H93N3O5/c72-32-12-18-43-17-11-19-54-58(43)65(76)79-71(54)57-36-44(41-13-3-1-4-14-41)20-21-45-34-53-52(42-15-5-2-6-16-42)35-46-22-24-55-47-33-48-40-74(55)62(46)59(53)50-26-31-69(71)64(78-66(77)70(57,69)60(45)50)63(75)51-23-25-56(48)73(39-47)61(51)49-37-67(27-7-8-28-67)68(38-49)29-9-10-30-68/h11,17,19-21,41-42,44-45,47-49,51-53,55-57,59,61,75H,1-10,12-16,18,22-40,72H2. The third kappa shape index (κ3) is 6.03. The number of benzene rings is 1. The van der Waals surface area contributed by atoms with Crippen molar-refractivity contribution in [3.8, 4) is 0 Å². The second-order valence-electron chi connectivity index (χ2n) is 31.2. The van der Waals surface area contributed by atoms with Crippen molar-refractivity contribution < 1.29 is 24.2 Å². The first-order chi connectivity index (χ1) is 38.7. The van der Waals surface area contributed by atoms with E-state index >= 15 is 9.59 Å². The van der Waals surface area contributed by atoms with Crippen molar-refractivity contribution in [3.63, 3.8) is 0 Å². The summed E-state index contributed by atoms with van der Waals surface area (Å²) in [6.45, 7) is 2.89. The Morgan fingerprint density at radius 2 is 1.46 bits per heavy atom. The molecule has 10 fully saturated rings. The lowest BCUT2D eigenvalue weighted by atomic mass is 9.27. The second kappa shape index (κ2) is 17.4. The molecule has 10 aliphatic carbocycles. The maximum atomic E-state index is 17.0. The number of hydrogen-bond donors (Lipinski definition) is 2. The molecular weight excluding hydrogens is 975 g/mol. The highest BCUT2D eigenvalue weighted by Crippen LogP contribution is 2.89. The van der Waals surface area contributed by atoms with Gasteiger partial charge in [-0.1, -0.05) is 119 Å². The predicted molar refractivity (Wildman–Crippen MR) is 305 cm³/mol. The van der Waals surface area contributed by atoms with Crippen molar-refractivity contribution >= 4 is 11.9 Å². The summed E-state index contributed by atoms with van der Waals surface area (Å²) in [6.07, 6.45) is 44.4. The summed E-state index contributed by atoms with van der Waals surface area (Å²) < 4.78 is 15.1. The van der Waals surface area contributed by atoms with Gasteiger partial charge in [-0.15, -0.1) is 0 Å². The highest BCUT2D eigenvalue weighted by atomic mass is 16.6. The Bertz CT molecular complexity index is 2870. The number of esters is 2. The van der Waals surface area contributed by atoms with E-state index in [4.69, 9.17) is 15.2 Å². The van der Waals surface area contributed by atoms with Crippen LogP contribution in [0.3, 0.4) is 0 Å². The van der Waals surface area contributed by atoms with E-state index in [1.54, 1.807) is 11.3 Å². The summed E-state index contributed by atoms with van der Waals surface area (Å²) in [6, 6.07) is 7.86. The van der Waals surface area contributed by atoms with Crippen LogP contribution in [-0.2, 0) is 26.3 Å². The average molecular weight is 1070 g/mol. The Labute approximate surface area is 471 Å². The molecule has 8 nitrogen and oxygen atoms in total. The van der Waals surface area contributed by atoms with E-state index in [2.05, 4.69) is 40.2 Å². The van der Waals surface area contributed by atoms with Gasteiger partial charge in [-0.3, -0.25) is 9.69 Å². The molecule has 1 aromatic carbocycles. The molecule has 15 unspecified atom stereocenters. The van der Waals surface area contributed by atoms with Crippen LogP contribution < -0.4 is 5.73 Å². The molecule has 15 atom stereocenters. The molecule has 7 aliphatic heterocycles. The number of fused-ring (bicyclic) bond motifs is 9. The molecule has 79 heavy (non-hydrogen) atoms. The van der Waals surface area contributed by atoms with Crippen LogP contribution in [0.5, 0.6) is 0 Å². The normalized spacial score (nSPS) is 45.1. The first-order valence-electron chi connectivity index (χ1n) is 34.1. The number of rotatable bonds is 6. The Morgan fingerprint density at radius 1 is 0.709 bits per heavy atom. The van der Waals surface area contributed by atoms with Crippen molar-refractivity contribution in [2.24, 2.45) is 98.4 Å². The number of carbonyl (C=O) groups is 2. The lowest BCUT2D eigenvalue weighted by Gasteiger charge is -2.73. The van der Waals surface area contributed by atoms with Crippen molar-refractivity contribution in [1.29, 1.82) is 0 Å². The van der Waals surface area contributed by atoms with Crippen LogP contribution in [0.4, 0.5) is 0 Å². The van der Waals surface area contributed by atoms with Gasteiger partial charge in [0.25, 0.3) is 0 Å². The maximum absolute atomic E-state index is 17.0. The second-order valence-corrected chi connectivity index (χ2v) is 31.2. The number of hydrogen-bond acceptors (Lipinski definition) is 8. The van der Waals surface area contributed by atoms with Crippen molar-refractivity contribution in [2.75, 3.05) is 19.6 Å². The first kappa shape index (κ1) is 49.1. The molecule has 3 N–H and O–H groups in total. The third-order valence-electron chi connectivity index (χ3n) is 29.1. The quantitative estimate of drug-likeness (QED) is 0.214. The molecule has 0 aromatic heterocycles. The minimum atomic E-state index is -1.14. The average Bonchev–Trinajstić information content (AvgIpc) is 1.80. The van der Waals surface area contributed by atoms with Crippen LogP contribution >= 0.6 is 0 Å². The highest BCUT2D eigenvalue weighted by molar-refractivity contribution is 6.00. The molecule has 422 valence electrons. The molecule has 0 amide bonds. The zero-order chi connectivity index (χ0) is 52.4. The summed E-state index contributed by atoms with van der Waals surface area (Å²) in [4.78, 5) is 38.9. The van der Waals surface area contributed by atoms with Gasteiger partial charge in [0.15, 0.2) is 11.4 Å². The fraction of sp³-hybridized carbons (Fsp3) is 0.775. The SMILES string of the molecule is NCCCc1cccc2c1C(=O)OC21C2CC(C3CCCCC3)C=CC3CC4C5C6=C3C23C(=O)OC(=C(O)C2CCC7C8CC(CN7C2C2CC7(CCCC7)C7(CCCC7)C2)C2CCC(=C5N2C8)CC4C2CCCCC2)C31CC6. The highest BCUT2D eigenvalue weighted by Gasteiger charge is 2.94. The summed E-state index contributed by atoms with van der Waals surface area (Å²) in [7, 11) is 0. The van der Waals surface area contributed by atoms with E-state index in [9.17, 15) is 5.11 Å². The summed E-state index contributed by atoms with van der Waals surface area (Å²) in [5.41, 5.74) is 13.2. The van der Waals surface area contributed by atoms with Gasteiger partial charge >= 0.3 is 11.9 Å². The fourth-order valence-electron chi connectivity index (χ4n) is 26.8. The summed E-state index contributed by atoms with van der Waals surface area (Å²) in [5, 5.41) is 14.5. The predicted octanol–water partition coefficient (Wildman–Crippen LogP) is 14.3. The van der Waals surface area contributed by atoms with E-state index in [0.29, 0.717) is 88.8 Å². The van der Waals surface area contributed by atoms with Gasteiger partial charge in [-0.05, 0) is 210 Å². The van der Waals surface area contributed by atoms with Crippen LogP contribution in [0.25, 0.3) is 0 Å².